The number of likely N-dealkylation sites (N-methyl/N-ethyl adjacent to an activating group) is 1. The van der Waals surface area contributed by atoms with E-state index in [2.05, 4.69) is 37.1 Å². The summed E-state index contributed by atoms with van der Waals surface area (Å²) < 4.78 is 0. The van der Waals surface area contributed by atoms with E-state index in [0.29, 0.717) is 5.54 Å². The van der Waals surface area contributed by atoms with E-state index in [9.17, 15) is 0 Å². The molecule has 1 aliphatic rings. The number of nitrogens with zero attached hydrogens (tertiary/aromatic N) is 2. The van der Waals surface area contributed by atoms with Crippen LogP contribution in [0.15, 0.2) is 12.8 Å². The van der Waals surface area contributed by atoms with Crippen molar-refractivity contribution in [3.63, 3.8) is 0 Å². The molecule has 0 aromatic heterocycles. The highest BCUT2D eigenvalue weighted by atomic mass is 15.3. The van der Waals surface area contributed by atoms with Crippen LogP contribution >= 0.6 is 0 Å². The van der Waals surface area contributed by atoms with Crippen molar-refractivity contribution in [3.05, 3.63) is 12.8 Å². The highest BCUT2D eigenvalue weighted by Gasteiger charge is 2.30. The molecule has 1 fully saturated rings. The summed E-state index contributed by atoms with van der Waals surface area (Å²) in [4.78, 5) is 4.82. The van der Waals surface area contributed by atoms with Crippen molar-refractivity contribution in [3.8, 4) is 0 Å². The third-order valence-corrected chi connectivity index (χ3v) is 2.74. The maximum atomic E-state index is 3.81. The van der Waals surface area contributed by atoms with Crippen molar-refractivity contribution in [2.75, 3.05) is 26.2 Å². The molecule has 0 aromatic rings. The van der Waals surface area contributed by atoms with Gasteiger partial charge in [-0.3, -0.25) is 4.90 Å². The Morgan fingerprint density at radius 2 is 2.08 bits per heavy atom. The van der Waals surface area contributed by atoms with Crippen LogP contribution in [0.5, 0.6) is 0 Å². The van der Waals surface area contributed by atoms with E-state index in [4.69, 9.17) is 0 Å². The maximum absolute atomic E-state index is 3.81. The van der Waals surface area contributed by atoms with Gasteiger partial charge in [0.25, 0.3) is 0 Å². The van der Waals surface area contributed by atoms with E-state index in [1.165, 1.54) is 0 Å². The minimum Gasteiger partial charge on any atom is -0.375 e. The second-order valence-electron chi connectivity index (χ2n) is 4.05. The standard InChI is InChI=1S/C10H20N2/c1-5-11-7-8-12(6-2)10(3,4)9-11/h5H,1,6-9H2,2-4H3. The van der Waals surface area contributed by atoms with Crippen molar-refractivity contribution < 1.29 is 0 Å². The van der Waals surface area contributed by atoms with E-state index in [1.807, 2.05) is 6.20 Å². The van der Waals surface area contributed by atoms with Gasteiger partial charge >= 0.3 is 0 Å². The summed E-state index contributed by atoms with van der Waals surface area (Å²) in [5, 5.41) is 0. The van der Waals surface area contributed by atoms with Gasteiger partial charge in [0.1, 0.15) is 0 Å². The number of hydrogen-bond donors (Lipinski definition) is 0. The van der Waals surface area contributed by atoms with Gasteiger partial charge in [0.15, 0.2) is 0 Å². The first-order valence-corrected chi connectivity index (χ1v) is 4.72. The number of piperazine rings is 1. The van der Waals surface area contributed by atoms with Gasteiger partial charge < -0.3 is 4.90 Å². The van der Waals surface area contributed by atoms with Gasteiger partial charge in [-0.1, -0.05) is 13.5 Å². The van der Waals surface area contributed by atoms with Gasteiger partial charge in [-0.15, -0.1) is 0 Å². The fourth-order valence-electron chi connectivity index (χ4n) is 1.97. The molecule has 12 heavy (non-hydrogen) atoms. The van der Waals surface area contributed by atoms with Crippen LogP contribution < -0.4 is 0 Å². The van der Waals surface area contributed by atoms with Gasteiger partial charge in [-0.05, 0) is 26.6 Å². The molecule has 1 rings (SSSR count). The van der Waals surface area contributed by atoms with Gasteiger partial charge in [0, 0.05) is 25.2 Å². The molecule has 70 valence electrons. The van der Waals surface area contributed by atoms with Crippen molar-refractivity contribution in [2.45, 2.75) is 26.3 Å². The number of hydrogen-bond acceptors (Lipinski definition) is 2. The Bertz CT molecular complexity index is 163. The predicted molar refractivity (Wildman–Crippen MR) is 53.1 cm³/mol. The first-order valence-electron chi connectivity index (χ1n) is 4.72. The summed E-state index contributed by atoms with van der Waals surface area (Å²) in [7, 11) is 0. The fourth-order valence-corrected chi connectivity index (χ4v) is 1.97. The zero-order valence-corrected chi connectivity index (χ0v) is 8.51. The van der Waals surface area contributed by atoms with Crippen molar-refractivity contribution in [1.82, 2.24) is 9.80 Å². The Balaban J connectivity index is 2.60. The van der Waals surface area contributed by atoms with E-state index in [0.717, 1.165) is 26.2 Å². The van der Waals surface area contributed by atoms with Crippen LogP contribution in [0.4, 0.5) is 0 Å². The predicted octanol–water partition coefficient (Wildman–Crippen LogP) is 1.55. The summed E-state index contributed by atoms with van der Waals surface area (Å²) >= 11 is 0. The fraction of sp³-hybridized carbons (Fsp3) is 0.800. The number of rotatable bonds is 2. The smallest absolute Gasteiger partial charge is 0.0352 e. The highest BCUT2D eigenvalue weighted by molar-refractivity contribution is 4.92. The molecule has 0 saturated carbocycles. The van der Waals surface area contributed by atoms with Crippen LogP contribution in [0.1, 0.15) is 20.8 Å². The van der Waals surface area contributed by atoms with Gasteiger partial charge in [0.2, 0.25) is 0 Å². The second-order valence-corrected chi connectivity index (χ2v) is 4.05. The van der Waals surface area contributed by atoms with Crippen LogP contribution in [-0.2, 0) is 0 Å². The summed E-state index contributed by atoms with van der Waals surface area (Å²) in [5.74, 6) is 0. The van der Waals surface area contributed by atoms with Crippen LogP contribution in [0.25, 0.3) is 0 Å². The molecule has 0 aliphatic carbocycles. The van der Waals surface area contributed by atoms with Gasteiger partial charge in [-0.25, -0.2) is 0 Å². The largest absolute Gasteiger partial charge is 0.375 e. The Hall–Kier alpha value is -0.500. The normalized spacial score (nSPS) is 24.1. The molecular formula is C10H20N2. The molecular weight excluding hydrogens is 148 g/mol. The average Bonchev–Trinajstić information content (AvgIpc) is 2.02. The highest BCUT2D eigenvalue weighted by Crippen LogP contribution is 2.19. The molecule has 2 heteroatoms. The molecule has 1 saturated heterocycles. The lowest BCUT2D eigenvalue weighted by atomic mass is 9.99. The lowest BCUT2D eigenvalue weighted by molar-refractivity contribution is 0.0457. The Labute approximate surface area is 75.8 Å². The second kappa shape index (κ2) is 3.48. The lowest BCUT2D eigenvalue weighted by Crippen LogP contribution is -2.57. The molecule has 0 radical (unpaired) electrons. The maximum Gasteiger partial charge on any atom is 0.0352 e. The zero-order valence-electron chi connectivity index (χ0n) is 8.51. The van der Waals surface area contributed by atoms with Crippen LogP contribution in [0, 0.1) is 0 Å². The zero-order chi connectivity index (χ0) is 9.19. The molecule has 0 atom stereocenters. The molecule has 0 bridgehead atoms. The quantitative estimate of drug-likeness (QED) is 0.617. The lowest BCUT2D eigenvalue weighted by Gasteiger charge is -2.46. The van der Waals surface area contributed by atoms with E-state index in [-0.39, 0.29) is 0 Å². The third kappa shape index (κ3) is 1.81. The Morgan fingerprint density at radius 1 is 1.42 bits per heavy atom. The van der Waals surface area contributed by atoms with Crippen LogP contribution in [-0.4, -0.2) is 41.5 Å². The summed E-state index contributed by atoms with van der Waals surface area (Å²) in [6, 6.07) is 0. The molecule has 0 amide bonds. The topological polar surface area (TPSA) is 6.48 Å². The molecule has 0 aromatic carbocycles. The minimum absolute atomic E-state index is 0.307. The summed E-state index contributed by atoms with van der Waals surface area (Å²) in [5.41, 5.74) is 0.307. The van der Waals surface area contributed by atoms with E-state index in [1.54, 1.807) is 0 Å². The van der Waals surface area contributed by atoms with Gasteiger partial charge in [-0.2, -0.15) is 0 Å². The molecule has 2 nitrogen and oxygen atoms in total. The van der Waals surface area contributed by atoms with Crippen molar-refractivity contribution >= 4 is 0 Å². The van der Waals surface area contributed by atoms with Crippen LogP contribution in [0.3, 0.4) is 0 Å². The Morgan fingerprint density at radius 3 is 2.50 bits per heavy atom. The van der Waals surface area contributed by atoms with Crippen molar-refractivity contribution in [1.29, 1.82) is 0 Å². The first-order chi connectivity index (χ1) is 5.60. The summed E-state index contributed by atoms with van der Waals surface area (Å²) in [6.45, 7) is 15.2. The SMILES string of the molecule is C=CN1CCN(CC)C(C)(C)C1. The monoisotopic (exact) mass is 168 g/mol. The molecule has 1 heterocycles. The van der Waals surface area contributed by atoms with Crippen LogP contribution in [0.2, 0.25) is 0 Å². The summed E-state index contributed by atoms with van der Waals surface area (Å²) in [6.07, 6.45) is 1.95. The molecule has 0 spiro atoms. The molecule has 1 aliphatic heterocycles. The first kappa shape index (κ1) is 9.59. The third-order valence-electron chi connectivity index (χ3n) is 2.74. The van der Waals surface area contributed by atoms with E-state index < -0.39 is 0 Å². The Kier molecular flexibility index (Phi) is 2.78. The average molecular weight is 168 g/mol. The molecule has 0 unspecified atom stereocenters. The van der Waals surface area contributed by atoms with Crippen molar-refractivity contribution in [2.24, 2.45) is 0 Å². The minimum atomic E-state index is 0.307. The van der Waals surface area contributed by atoms with Gasteiger partial charge in [0.05, 0.1) is 0 Å². The molecule has 0 N–H and O–H groups in total. The van der Waals surface area contributed by atoms with E-state index >= 15 is 0 Å².